The number of nitrogens with one attached hydrogen (secondary N) is 1. The van der Waals surface area contributed by atoms with Crippen molar-refractivity contribution in [2.45, 2.75) is 13.0 Å². The van der Waals surface area contributed by atoms with Crippen molar-refractivity contribution < 1.29 is 9.59 Å². The molecule has 1 saturated heterocycles. The summed E-state index contributed by atoms with van der Waals surface area (Å²) in [6.45, 7) is 2.70. The predicted octanol–water partition coefficient (Wildman–Crippen LogP) is 4.62. The van der Waals surface area contributed by atoms with Crippen LogP contribution in [0, 0.1) is 0 Å². The number of anilines is 2. The van der Waals surface area contributed by atoms with Crippen molar-refractivity contribution in [2.75, 3.05) is 23.3 Å². The standard InChI is InChI=1S/C24H23N3O2/c1-18-23(28)27(17-16-26(18)24(29)25-20-12-6-3-7-13-20)22-15-9-8-14-21(22)19-10-4-2-5-11-19/h2-15,18H,16-17H2,1H3,(H,25,29)/t18-/m1/s1. The maximum absolute atomic E-state index is 13.2. The summed E-state index contributed by atoms with van der Waals surface area (Å²) in [7, 11) is 0. The van der Waals surface area contributed by atoms with Gasteiger partial charge < -0.3 is 15.1 Å². The molecule has 1 aliphatic rings. The van der Waals surface area contributed by atoms with Gasteiger partial charge >= 0.3 is 6.03 Å². The number of rotatable bonds is 3. The minimum absolute atomic E-state index is 0.0807. The second-order valence-corrected chi connectivity index (χ2v) is 7.04. The van der Waals surface area contributed by atoms with Gasteiger partial charge in [0.15, 0.2) is 0 Å². The van der Waals surface area contributed by atoms with E-state index in [1.54, 1.807) is 16.7 Å². The highest BCUT2D eigenvalue weighted by Gasteiger charge is 2.35. The van der Waals surface area contributed by atoms with Gasteiger partial charge in [-0.05, 0) is 30.7 Å². The Kier molecular flexibility index (Phi) is 5.29. The van der Waals surface area contributed by atoms with Crippen LogP contribution >= 0.6 is 0 Å². The number of para-hydroxylation sites is 2. The van der Waals surface area contributed by atoms with Crippen molar-refractivity contribution >= 4 is 23.3 Å². The van der Waals surface area contributed by atoms with Gasteiger partial charge in [-0.15, -0.1) is 0 Å². The topological polar surface area (TPSA) is 52.7 Å². The molecule has 5 nitrogen and oxygen atoms in total. The maximum atomic E-state index is 13.2. The fraction of sp³-hybridized carbons (Fsp3) is 0.167. The summed E-state index contributed by atoms with van der Waals surface area (Å²) >= 11 is 0. The molecular formula is C24H23N3O2. The molecule has 1 heterocycles. The lowest BCUT2D eigenvalue weighted by Gasteiger charge is -2.39. The molecule has 0 aliphatic carbocycles. The SMILES string of the molecule is C[C@@H]1C(=O)N(c2ccccc2-c2ccccc2)CCN1C(=O)Nc1ccccc1. The van der Waals surface area contributed by atoms with Crippen molar-refractivity contribution in [1.82, 2.24) is 4.90 Å². The zero-order chi connectivity index (χ0) is 20.2. The first-order chi connectivity index (χ1) is 14.1. The molecule has 146 valence electrons. The van der Waals surface area contributed by atoms with Gasteiger partial charge in [-0.25, -0.2) is 4.79 Å². The molecular weight excluding hydrogens is 362 g/mol. The predicted molar refractivity (Wildman–Crippen MR) is 116 cm³/mol. The van der Waals surface area contributed by atoms with Gasteiger partial charge in [-0.2, -0.15) is 0 Å². The van der Waals surface area contributed by atoms with E-state index in [1.807, 2.05) is 84.9 Å². The molecule has 0 saturated carbocycles. The van der Waals surface area contributed by atoms with Gasteiger partial charge in [-0.3, -0.25) is 4.79 Å². The molecule has 1 atom stereocenters. The van der Waals surface area contributed by atoms with E-state index in [-0.39, 0.29) is 11.9 Å². The summed E-state index contributed by atoms with van der Waals surface area (Å²) < 4.78 is 0. The van der Waals surface area contributed by atoms with E-state index in [0.29, 0.717) is 18.8 Å². The number of carbonyl (C=O) groups is 2. The Morgan fingerprint density at radius 3 is 2.21 bits per heavy atom. The highest BCUT2D eigenvalue weighted by Crippen LogP contribution is 2.32. The Balaban J connectivity index is 1.55. The number of hydrogen-bond donors (Lipinski definition) is 1. The molecule has 5 heteroatoms. The van der Waals surface area contributed by atoms with Crippen molar-refractivity contribution in [1.29, 1.82) is 0 Å². The smallest absolute Gasteiger partial charge is 0.311 e. The van der Waals surface area contributed by atoms with Crippen LogP contribution in [0.15, 0.2) is 84.9 Å². The molecule has 0 spiro atoms. The molecule has 3 amide bonds. The zero-order valence-corrected chi connectivity index (χ0v) is 16.3. The fourth-order valence-electron chi connectivity index (χ4n) is 3.67. The number of urea groups is 1. The third kappa shape index (κ3) is 3.85. The van der Waals surface area contributed by atoms with Gasteiger partial charge in [0.05, 0.1) is 5.69 Å². The van der Waals surface area contributed by atoms with Crippen molar-refractivity contribution in [3.05, 3.63) is 84.9 Å². The first kappa shape index (κ1) is 18.7. The number of benzene rings is 3. The Morgan fingerprint density at radius 2 is 1.48 bits per heavy atom. The third-order valence-electron chi connectivity index (χ3n) is 5.22. The lowest BCUT2D eigenvalue weighted by molar-refractivity contribution is -0.123. The Hall–Kier alpha value is -3.60. The van der Waals surface area contributed by atoms with Crippen LogP contribution in [0.2, 0.25) is 0 Å². The molecule has 3 aromatic rings. The fourth-order valence-corrected chi connectivity index (χ4v) is 3.67. The molecule has 0 aromatic heterocycles. The minimum atomic E-state index is -0.545. The van der Waals surface area contributed by atoms with Crippen LogP contribution in [0.4, 0.5) is 16.2 Å². The Morgan fingerprint density at radius 1 is 0.862 bits per heavy atom. The van der Waals surface area contributed by atoms with Gasteiger partial charge in [-0.1, -0.05) is 66.7 Å². The van der Waals surface area contributed by atoms with E-state index >= 15 is 0 Å². The molecule has 1 fully saturated rings. The van der Waals surface area contributed by atoms with Gasteiger partial charge in [0.25, 0.3) is 0 Å². The van der Waals surface area contributed by atoms with E-state index in [2.05, 4.69) is 5.32 Å². The molecule has 0 unspecified atom stereocenters. The number of carbonyl (C=O) groups excluding carboxylic acids is 2. The van der Waals surface area contributed by atoms with Crippen LogP contribution in [0.3, 0.4) is 0 Å². The average Bonchev–Trinajstić information content (AvgIpc) is 2.77. The maximum Gasteiger partial charge on any atom is 0.322 e. The van der Waals surface area contributed by atoms with E-state index in [1.165, 1.54) is 0 Å². The molecule has 29 heavy (non-hydrogen) atoms. The second-order valence-electron chi connectivity index (χ2n) is 7.04. The molecule has 3 aromatic carbocycles. The molecule has 0 radical (unpaired) electrons. The van der Waals surface area contributed by atoms with Crippen LogP contribution in [-0.4, -0.2) is 36.0 Å². The number of amides is 3. The lowest BCUT2D eigenvalue weighted by Crippen LogP contribution is -2.58. The summed E-state index contributed by atoms with van der Waals surface area (Å²) in [5.74, 6) is -0.0807. The monoisotopic (exact) mass is 385 g/mol. The normalized spacial score (nSPS) is 16.6. The second kappa shape index (κ2) is 8.19. The third-order valence-corrected chi connectivity index (χ3v) is 5.22. The molecule has 1 N–H and O–H groups in total. The zero-order valence-electron chi connectivity index (χ0n) is 16.3. The van der Waals surface area contributed by atoms with E-state index in [9.17, 15) is 9.59 Å². The quantitative estimate of drug-likeness (QED) is 0.715. The van der Waals surface area contributed by atoms with Crippen molar-refractivity contribution in [3.63, 3.8) is 0 Å². The summed E-state index contributed by atoms with van der Waals surface area (Å²) in [5, 5.41) is 2.87. The summed E-state index contributed by atoms with van der Waals surface area (Å²) in [5.41, 5.74) is 3.66. The van der Waals surface area contributed by atoms with Crippen LogP contribution < -0.4 is 10.2 Å². The van der Waals surface area contributed by atoms with Crippen LogP contribution in [0.25, 0.3) is 11.1 Å². The Labute approximate surface area is 170 Å². The van der Waals surface area contributed by atoms with E-state index in [4.69, 9.17) is 0 Å². The number of hydrogen-bond acceptors (Lipinski definition) is 2. The largest absolute Gasteiger partial charge is 0.322 e. The minimum Gasteiger partial charge on any atom is -0.311 e. The Bertz CT molecular complexity index is 1000. The van der Waals surface area contributed by atoms with Crippen LogP contribution in [-0.2, 0) is 4.79 Å². The van der Waals surface area contributed by atoms with Crippen molar-refractivity contribution in [3.8, 4) is 11.1 Å². The van der Waals surface area contributed by atoms with Crippen LogP contribution in [0.1, 0.15) is 6.92 Å². The van der Waals surface area contributed by atoms with Gasteiger partial charge in [0.2, 0.25) is 5.91 Å². The number of piperazine rings is 1. The van der Waals surface area contributed by atoms with Gasteiger partial charge in [0, 0.05) is 24.3 Å². The highest BCUT2D eigenvalue weighted by molar-refractivity contribution is 6.04. The molecule has 1 aliphatic heterocycles. The van der Waals surface area contributed by atoms with Crippen LogP contribution in [0.5, 0.6) is 0 Å². The molecule has 4 rings (SSSR count). The lowest BCUT2D eigenvalue weighted by atomic mass is 10.0. The van der Waals surface area contributed by atoms with E-state index < -0.39 is 6.04 Å². The highest BCUT2D eigenvalue weighted by atomic mass is 16.2. The summed E-state index contributed by atoms with van der Waals surface area (Å²) in [6, 6.07) is 26.4. The van der Waals surface area contributed by atoms with Gasteiger partial charge in [0.1, 0.15) is 6.04 Å². The average molecular weight is 385 g/mol. The van der Waals surface area contributed by atoms with Crippen molar-refractivity contribution in [2.24, 2.45) is 0 Å². The first-order valence-electron chi connectivity index (χ1n) is 9.73. The summed E-state index contributed by atoms with van der Waals surface area (Å²) in [4.78, 5) is 29.3. The number of nitrogens with zero attached hydrogens (tertiary/aromatic N) is 2. The molecule has 0 bridgehead atoms. The van der Waals surface area contributed by atoms with E-state index in [0.717, 1.165) is 16.8 Å². The first-order valence-corrected chi connectivity index (χ1v) is 9.73. The summed E-state index contributed by atoms with van der Waals surface area (Å²) in [6.07, 6.45) is 0.